The molecule has 0 saturated carbocycles. The van der Waals surface area contributed by atoms with Crippen LogP contribution in [0.3, 0.4) is 0 Å². The first-order valence-corrected chi connectivity index (χ1v) is 5.43. The van der Waals surface area contributed by atoms with Crippen LogP contribution < -0.4 is 0 Å². The number of nitrogens with zero attached hydrogens (tertiary/aromatic N) is 3. The minimum atomic E-state index is -0.471. The highest BCUT2D eigenvalue weighted by atomic mass is 16.6. The van der Waals surface area contributed by atoms with Crippen molar-refractivity contribution in [1.82, 2.24) is 9.78 Å². The van der Waals surface area contributed by atoms with Crippen LogP contribution in [0.15, 0.2) is 30.5 Å². The maximum atomic E-state index is 11.0. The van der Waals surface area contributed by atoms with Gasteiger partial charge in [0.2, 0.25) is 0 Å². The van der Waals surface area contributed by atoms with Gasteiger partial charge in [-0.15, -0.1) is 0 Å². The minimum Gasteiger partial charge on any atom is -0.298 e. The van der Waals surface area contributed by atoms with Crippen LogP contribution in [0.4, 0.5) is 5.69 Å². The predicted molar refractivity (Wildman–Crippen MR) is 65.4 cm³/mol. The molecule has 2 rings (SSSR count). The molecule has 1 aromatic heterocycles. The van der Waals surface area contributed by atoms with Gasteiger partial charge in [-0.25, -0.2) is 0 Å². The number of nitro groups is 1. The quantitative estimate of drug-likeness (QED) is 0.470. The number of aromatic nitrogens is 2. The van der Waals surface area contributed by atoms with Crippen molar-refractivity contribution < 1.29 is 9.72 Å². The Kier molecular flexibility index (Phi) is 3.18. The van der Waals surface area contributed by atoms with Gasteiger partial charge in [0.05, 0.1) is 10.5 Å². The Morgan fingerprint density at radius 2 is 2.28 bits per heavy atom. The third-order valence-corrected chi connectivity index (χ3v) is 2.57. The molecule has 0 unspecified atom stereocenters. The van der Waals surface area contributed by atoms with Crippen molar-refractivity contribution in [2.75, 3.05) is 0 Å². The Morgan fingerprint density at radius 3 is 2.89 bits per heavy atom. The molecule has 92 valence electrons. The van der Waals surface area contributed by atoms with Gasteiger partial charge in [0.15, 0.2) is 6.29 Å². The molecule has 1 heterocycles. The molecule has 0 atom stereocenters. The highest BCUT2D eigenvalue weighted by Gasteiger charge is 2.13. The summed E-state index contributed by atoms with van der Waals surface area (Å²) in [6.45, 7) is 2.54. The van der Waals surface area contributed by atoms with Gasteiger partial charge in [-0.05, 0) is 6.92 Å². The van der Waals surface area contributed by atoms with E-state index in [9.17, 15) is 14.9 Å². The first-order chi connectivity index (χ1) is 8.65. The summed E-state index contributed by atoms with van der Waals surface area (Å²) < 4.78 is 1.62. The molecule has 0 N–H and O–H groups in total. The fourth-order valence-corrected chi connectivity index (χ4v) is 1.68. The number of benzene rings is 1. The molecule has 6 nitrogen and oxygen atoms in total. The van der Waals surface area contributed by atoms with E-state index >= 15 is 0 Å². The van der Waals surface area contributed by atoms with E-state index in [1.165, 1.54) is 12.1 Å². The second-order valence-electron chi connectivity index (χ2n) is 3.71. The number of aryl methyl sites for hydroxylation is 1. The average Bonchev–Trinajstić information content (AvgIpc) is 2.82. The number of rotatable bonds is 4. The molecule has 1 aromatic carbocycles. The van der Waals surface area contributed by atoms with E-state index in [2.05, 4.69) is 5.10 Å². The van der Waals surface area contributed by atoms with E-state index in [4.69, 9.17) is 0 Å². The van der Waals surface area contributed by atoms with Gasteiger partial charge in [-0.1, -0.05) is 12.1 Å². The van der Waals surface area contributed by atoms with Crippen LogP contribution in [0.25, 0.3) is 11.3 Å². The third kappa shape index (κ3) is 2.13. The smallest absolute Gasteiger partial charge is 0.270 e. The first-order valence-electron chi connectivity index (χ1n) is 5.43. The fraction of sp³-hybridized carbons (Fsp3) is 0.167. The molecule has 0 aliphatic rings. The number of carbonyl (C=O) groups excluding carboxylic acids is 1. The number of nitro benzene ring substituents is 1. The molecule has 0 bridgehead atoms. The maximum absolute atomic E-state index is 11.0. The lowest BCUT2D eigenvalue weighted by atomic mass is 10.1. The average molecular weight is 245 g/mol. The topological polar surface area (TPSA) is 78.0 Å². The fourth-order valence-electron chi connectivity index (χ4n) is 1.68. The molecular weight excluding hydrogens is 234 g/mol. The molecular formula is C12H11N3O3. The van der Waals surface area contributed by atoms with Crippen molar-refractivity contribution in [3.8, 4) is 11.3 Å². The van der Waals surface area contributed by atoms with E-state index in [0.717, 1.165) is 0 Å². The van der Waals surface area contributed by atoms with E-state index in [-0.39, 0.29) is 5.69 Å². The molecule has 0 saturated heterocycles. The van der Waals surface area contributed by atoms with Crippen LogP contribution in [0.5, 0.6) is 0 Å². The summed E-state index contributed by atoms with van der Waals surface area (Å²) in [5, 5.41) is 14.9. The molecule has 0 amide bonds. The largest absolute Gasteiger partial charge is 0.298 e. The van der Waals surface area contributed by atoms with Crippen molar-refractivity contribution in [2.24, 2.45) is 0 Å². The van der Waals surface area contributed by atoms with Crippen molar-refractivity contribution >= 4 is 12.0 Å². The van der Waals surface area contributed by atoms with Crippen LogP contribution >= 0.6 is 0 Å². The lowest BCUT2D eigenvalue weighted by molar-refractivity contribution is -0.384. The van der Waals surface area contributed by atoms with Gasteiger partial charge in [-0.2, -0.15) is 5.10 Å². The number of aldehydes is 1. The second-order valence-corrected chi connectivity index (χ2v) is 3.71. The van der Waals surface area contributed by atoms with E-state index < -0.39 is 4.92 Å². The summed E-state index contributed by atoms with van der Waals surface area (Å²) >= 11 is 0. The molecule has 0 aliphatic heterocycles. The summed E-state index contributed by atoms with van der Waals surface area (Å²) in [5.74, 6) is 0. The zero-order valence-corrected chi connectivity index (χ0v) is 9.74. The normalized spacial score (nSPS) is 10.3. The van der Waals surface area contributed by atoms with Crippen molar-refractivity contribution in [2.45, 2.75) is 13.5 Å². The summed E-state index contributed by atoms with van der Waals surface area (Å²) in [6, 6.07) is 6.09. The van der Waals surface area contributed by atoms with Crippen LogP contribution in [0.2, 0.25) is 0 Å². The molecule has 0 aliphatic carbocycles. The van der Waals surface area contributed by atoms with Crippen LogP contribution in [0, 0.1) is 10.1 Å². The summed E-state index contributed by atoms with van der Waals surface area (Å²) in [6.07, 6.45) is 2.33. The highest BCUT2D eigenvalue weighted by Crippen LogP contribution is 2.24. The van der Waals surface area contributed by atoms with Crippen molar-refractivity contribution in [1.29, 1.82) is 0 Å². The Balaban J connectivity index is 2.53. The predicted octanol–water partition coefficient (Wildman–Crippen LogP) is 2.29. The van der Waals surface area contributed by atoms with Gasteiger partial charge in [0.1, 0.15) is 5.69 Å². The molecule has 18 heavy (non-hydrogen) atoms. The monoisotopic (exact) mass is 245 g/mol. The molecule has 2 aromatic rings. The standard InChI is InChI=1S/C12H11N3O3/c1-2-14-7-10(8-16)12(13-14)9-4-3-5-11(6-9)15(17)18/h3-8H,2H2,1H3. The highest BCUT2D eigenvalue weighted by molar-refractivity contribution is 5.85. The van der Waals surface area contributed by atoms with E-state index in [1.807, 2.05) is 6.92 Å². The molecule has 0 fully saturated rings. The molecule has 0 spiro atoms. The lowest BCUT2D eigenvalue weighted by Crippen LogP contribution is -1.94. The van der Waals surface area contributed by atoms with Gasteiger partial charge in [-0.3, -0.25) is 19.6 Å². The maximum Gasteiger partial charge on any atom is 0.270 e. The summed E-state index contributed by atoms with van der Waals surface area (Å²) in [7, 11) is 0. The Bertz CT molecular complexity index is 604. The molecule has 6 heteroatoms. The SMILES string of the molecule is CCn1cc(C=O)c(-c2cccc([N+](=O)[O-])c2)n1. The van der Waals surface area contributed by atoms with Crippen molar-refractivity contribution in [3.63, 3.8) is 0 Å². The zero-order chi connectivity index (χ0) is 13.1. The lowest BCUT2D eigenvalue weighted by Gasteiger charge is -1.98. The van der Waals surface area contributed by atoms with E-state index in [1.54, 1.807) is 23.0 Å². The van der Waals surface area contributed by atoms with E-state index in [0.29, 0.717) is 29.7 Å². The van der Waals surface area contributed by atoms with Crippen molar-refractivity contribution in [3.05, 3.63) is 46.1 Å². The Morgan fingerprint density at radius 1 is 1.50 bits per heavy atom. The summed E-state index contributed by atoms with van der Waals surface area (Å²) in [4.78, 5) is 21.2. The third-order valence-electron chi connectivity index (χ3n) is 2.57. The van der Waals surface area contributed by atoms with Gasteiger partial charge in [0.25, 0.3) is 5.69 Å². The second kappa shape index (κ2) is 4.79. The van der Waals surface area contributed by atoms with Gasteiger partial charge in [0, 0.05) is 30.4 Å². The van der Waals surface area contributed by atoms with Crippen LogP contribution in [-0.2, 0) is 6.54 Å². The number of non-ortho nitro benzene ring substituents is 1. The number of hydrogen-bond acceptors (Lipinski definition) is 4. The Hall–Kier alpha value is -2.50. The van der Waals surface area contributed by atoms with Crippen LogP contribution in [0.1, 0.15) is 17.3 Å². The van der Waals surface area contributed by atoms with Gasteiger partial charge < -0.3 is 0 Å². The summed E-state index contributed by atoms with van der Waals surface area (Å²) in [5.41, 5.74) is 1.45. The Labute approximate surface area is 103 Å². The van der Waals surface area contributed by atoms with Gasteiger partial charge >= 0.3 is 0 Å². The molecule has 0 radical (unpaired) electrons. The zero-order valence-electron chi connectivity index (χ0n) is 9.74. The minimum absolute atomic E-state index is 0.0182. The number of carbonyl (C=O) groups is 1. The van der Waals surface area contributed by atoms with Crippen LogP contribution in [-0.4, -0.2) is 21.0 Å². The first kappa shape index (κ1) is 12.0. The number of hydrogen-bond donors (Lipinski definition) is 0.